The van der Waals surface area contributed by atoms with E-state index in [1.807, 2.05) is 25.7 Å². The van der Waals surface area contributed by atoms with Gasteiger partial charge in [-0.25, -0.2) is 4.79 Å². The molecule has 2 rings (SSSR count). The predicted octanol–water partition coefficient (Wildman–Crippen LogP) is 1.30. The molecule has 2 saturated heterocycles. The van der Waals surface area contributed by atoms with E-state index < -0.39 is 17.0 Å². The minimum atomic E-state index is -1.08. The van der Waals surface area contributed by atoms with Crippen molar-refractivity contribution in [3.05, 3.63) is 0 Å². The van der Waals surface area contributed by atoms with Crippen LogP contribution in [0.4, 0.5) is 4.79 Å². The van der Waals surface area contributed by atoms with Crippen LogP contribution in [0.25, 0.3) is 0 Å². The molecule has 144 valence electrons. The van der Waals surface area contributed by atoms with Crippen LogP contribution in [0.3, 0.4) is 0 Å². The zero-order valence-electron chi connectivity index (χ0n) is 16.6. The number of nitrogens with one attached hydrogen (secondary N) is 1. The van der Waals surface area contributed by atoms with Crippen molar-refractivity contribution in [1.29, 1.82) is 0 Å². The first-order valence-electron chi connectivity index (χ1n) is 9.17. The quantitative estimate of drug-likeness (QED) is 0.742. The van der Waals surface area contributed by atoms with Gasteiger partial charge in [-0.05, 0) is 26.2 Å². The molecule has 2 heterocycles. The lowest BCUT2D eigenvalue weighted by Crippen LogP contribution is -2.76. The molecule has 1 atom stereocenters. The largest absolute Gasteiger partial charge is 0.465 e. The highest BCUT2D eigenvalue weighted by molar-refractivity contribution is 5.91. The molecule has 2 aliphatic rings. The Bertz CT molecular complexity index is 517. The maximum atomic E-state index is 13.7. The van der Waals surface area contributed by atoms with E-state index in [9.17, 15) is 14.7 Å². The van der Waals surface area contributed by atoms with Gasteiger partial charge in [-0.2, -0.15) is 0 Å². The van der Waals surface area contributed by atoms with Crippen LogP contribution in [0.15, 0.2) is 0 Å². The van der Waals surface area contributed by atoms with Crippen molar-refractivity contribution in [2.45, 2.75) is 52.6 Å². The molecule has 2 N–H and O–H groups in total. The van der Waals surface area contributed by atoms with E-state index in [0.717, 1.165) is 13.1 Å². The van der Waals surface area contributed by atoms with Gasteiger partial charge in [0.2, 0.25) is 0 Å². The van der Waals surface area contributed by atoms with Crippen LogP contribution in [-0.2, 0) is 4.79 Å². The van der Waals surface area contributed by atoms with Crippen LogP contribution < -0.4 is 5.32 Å². The molecule has 0 aromatic heterocycles. The average molecular weight is 354 g/mol. The number of hydrogen-bond donors (Lipinski definition) is 2. The molecular formula is C18H34N4O3. The van der Waals surface area contributed by atoms with Crippen molar-refractivity contribution in [2.75, 3.05) is 45.8 Å². The minimum Gasteiger partial charge on any atom is -0.465 e. The molecule has 0 aromatic carbocycles. The fraction of sp³-hybridized carbons (Fsp3) is 0.889. The summed E-state index contributed by atoms with van der Waals surface area (Å²) in [6.45, 7) is 16.5. The molecule has 2 fully saturated rings. The number of nitrogens with zero attached hydrogens (tertiary/aromatic N) is 3. The zero-order valence-corrected chi connectivity index (χ0v) is 16.6. The molecule has 0 spiro atoms. The molecule has 7 heteroatoms. The van der Waals surface area contributed by atoms with Gasteiger partial charge in [-0.15, -0.1) is 0 Å². The van der Waals surface area contributed by atoms with Gasteiger partial charge in [0.15, 0.2) is 0 Å². The number of amides is 2. The Morgan fingerprint density at radius 1 is 0.960 bits per heavy atom. The number of piperazine rings is 2. The normalized spacial score (nSPS) is 26.6. The third-order valence-corrected chi connectivity index (χ3v) is 5.65. The van der Waals surface area contributed by atoms with Crippen molar-refractivity contribution >= 4 is 12.0 Å². The number of rotatable bonds is 1. The van der Waals surface area contributed by atoms with Crippen LogP contribution in [0, 0.1) is 5.41 Å². The smallest absolute Gasteiger partial charge is 0.408 e. The van der Waals surface area contributed by atoms with Gasteiger partial charge in [0.25, 0.3) is 5.91 Å². The molecule has 0 radical (unpaired) electrons. The third kappa shape index (κ3) is 3.62. The van der Waals surface area contributed by atoms with Gasteiger partial charge < -0.3 is 15.3 Å². The first-order chi connectivity index (χ1) is 11.4. The number of hydrogen-bond acceptors (Lipinski definition) is 4. The summed E-state index contributed by atoms with van der Waals surface area (Å²) in [5.41, 5.74) is -1.72. The molecule has 2 aliphatic heterocycles. The van der Waals surface area contributed by atoms with Crippen LogP contribution >= 0.6 is 0 Å². The lowest BCUT2D eigenvalue weighted by Gasteiger charge is -2.58. The SMILES string of the molecule is CC(C)(C)N1CCN(C(=O)O)[C@](C(=O)N2CCNCC2)(C(C)(C)C)C1. The van der Waals surface area contributed by atoms with Crippen molar-refractivity contribution < 1.29 is 14.7 Å². The Hall–Kier alpha value is -1.34. The van der Waals surface area contributed by atoms with Gasteiger partial charge in [-0.1, -0.05) is 20.8 Å². The summed E-state index contributed by atoms with van der Waals surface area (Å²) < 4.78 is 0. The number of carboxylic acid groups (broad SMARTS) is 1. The second-order valence-electron chi connectivity index (χ2n) is 9.18. The van der Waals surface area contributed by atoms with E-state index in [1.54, 1.807) is 0 Å². The predicted molar refractivity (Wildman–Crippen MR) is 97.7 cm³/mol. The highest BCUT2D eigenvalue weighted by Crippen LogP contribution is 2.42. The fourth-order valence-corrected chi connectivity index (χ4v) is 3.96. The summed E-state index contributed by atoms with van der Waals surface area (Å²) in [7, 11) is 0. The zero-order chi connectivity index (χ0) is 19.0. The van der Waals surface area contributed by atoms with Crippen molar-refractivity contribution in [3.8, 4) is 0 Å². The standard InChI is InChI=1S/C18H34N4O3/c1-16(2,3)18(14(23)20-9-7-19-8-10-20)13-21(17(4,5)6)11-12-22(18)15(24)25/h19H,7-13H2,1-6H3,(H,24,25)/t18-/m1/s1. The fourth-order valence-electron chi connectivity index (χ4n) is 3.96. The van der Waals surface area contributed by atoms with Gasteiger partial charge in [0.1, 0.15) is 5.54 Å². The minimum absolute atomic E-state index is 0.0575. The third-order valence-electron chi connectivity index (χ3n) is 5.65. The molecular weight excluding hydrogens is 320 g/mol. The molecule has 0 aromatic rings. The van der Waals surface area contributed by atoms with Crippen LogP contribution in [0.1, 0.15) is 41.5 Å². The molecule has 0 bridgehead atoms. The average Bonchev–Trinajstić information content (AvgIpc) is 2.52. The lowest BCUT2D eigenvalue weighted by atomic mass is 9.69. The number of carbonyl (C=O) groups is 2. The summed E-state index contributed by atoms with van der Waals surface area (Å²) in [5.74, 6) is -0.0575. The van der Waals surface area contributed by atoms with Crippen molar-refractivity contribution in [3.63, 3.8) is 0 Å². The maximum absolute atomic E-state index is 13.7. The van der Waals surface area contributed by atoms with E-state index in [1.165, 1.54) is 4.90 Å². The number of carbonyl (C=O) groups excluding carboxylic acids is 1. The van der Waals surface area contributed by atoms with E-state index in [2.05, 4.69) is 31.0 Å². The Morgan fingerprint density at radius 3 is 1.96 bits per heavy atom. The first kappa shape index (κ1) is 20.0. The summed E-state index contributed by atoms with van der Waals surface area (Å²) in [4.78, 5) is 31.2. The molecule has 0 aliphatic carbocycles. The molecule has 2 amide bonds. The van der Waals surface area contributed by atoms with Crippen LogP contribution in [-0.4, -0.2) is 88.7 Å². The van der Waals surface area contributed by atoms with E-state index in [4.69, 9.17) is 0 Å². The second-order valence-corrected chi connectivity index (χ2v) is 9.18. The summed E-state index contributed by atoms with van der Waals surface area (Å²) in [6, 6.07) is 0. The van der Waals surface area contributed by atoms with Crippen molar-refractivity contribution in [2.24, 2.45) is 5.41 Å². The molecule has 0 saturated carbocycles. The van der Waals surface area contributed by atoms with E-state index in [0.29, 0.717) is 32.7 Å². The highest BCUT2D eigenvalue weighted by atomic mass is 16.4. The molecule has 0 unspecified atom stereocenters. The monoisotopic (exact) mass is 354 g/mol. The van der Waals surface area contributed by atoms with Gasteiger partial charge in [-0.3, -0.25) is 14.6 Å². The van der Waals surface area contributed by atoms with Crippen LogP contribution in [0.5, 0.6) is 0 Å². The molecule has 7 nitrogen and oxygen atoms in total. The Kier molecular flexibility index (Phi) is 5.40. The topological polar surface area (TPSA) is 76.1 Å². The summed E-state index contributed by atoms with van der Waals surface area (Å²) in [6.07, 6.45) is -1.01. The summed E-state index contributed by atoms with van der Waals surface area (Å²) >= 11 is 0. The Morgan fingerprint density at radius 2 is 1.52 bits per heavy atom. The van der Waals surface area contributed by atoms with Gasteiger partial charge in [0, 0.05) is 51.4 Å². The lowest BCUT2D eigenvalue weighted by molar-refractivity contribution is -0.161. The van der Waals surface area contributed by atoms with E-state index >= 15 is 0 Å². The second kappa shape index (κ2) is 6.76. The van der Waals surface area contributed by atoms with Gasteiger partial charge >= 0.3 is 6.09 Å². The maximum Gasteiger partial charge on any atom is 0.408 e. The van der Waals surface area contributed by atoms with Crippen molar-refractivity contribution in [1.82, 2.24) is 20.0 Å². The van der Waals surface area contributed by atoms with E-state index in [-0.39, 0.29) is 11.4 Å². The van der Waals surface area contributed by atoms with Gasteiger partial charge in [0.05, 0.1) is 0 Å². The highest BCUT2D eigenvalue weighted by Gasteiger charge is 2.59. The first-order valence-corrected chi connectivity index (χ1v) is 9.17. The van der Waals surface area contributed by atoms with Crippen LogP contribution in [0.2, 0.25) is 0 Å². The Balaban J connectivity index is 2.51. The molecule has 25 heavy (non-hydrogen) atoms. The Labute approximate surface area is 151 Å². The summed E-state index contributed by atoms with van der Waals surface area (Å²) in [5, 5.41) is 13.2.